The molecular formula is C15H14F2N2O2. The zero-order valence-electron chi connectivity index (χ0n) is 11.3. The molecule has 2 rings (SSSR count). The molecule has 0 atom stereocenters. The zero-order valence-corrected chi connectivity index (χ0v) is 11.3. The van der Waals surface area contributed by atoms with Crippen LogP contribution in [0.15, 0.2) is 36.4 Å². The van der Waals surface area contributed by atoms with Crippen LogP contribution >= 0.6 is 0 Å². The quantitative estimate of drug-likeness (QED) is 0.854. The van der Waals surface area contributed by atoms with Gasteiger partial charge in [0, 0.05) is 19.2 Å². The number of anilines is 1. The Hall–Kier alpha value is -2.63. The molecule has 0 aliphatic heterocycles. The van der Waals surface area contributed by atoms with E-state index < -0.39 is 28.8 Å². The minimum atomic E-state index is -0.953. The summed E-state index contributed by atoms with van der Waals surface area (Å²) in [5, 5.41) is 9.66. The monoisotopic (exact) mass is 292 g/mol. The lowest BCUT2D eigenvalue weighted by Crippen LogP contribution is -2.27. The predicted octanol–water partition coefficient (Wildman–Crippen LogP) is 2.52. The minimum Gasteiger partial charge on any atom is -0.508 e. The molecule has 2 aromatic rings. The third-order valence-electron chi connectivity index (χ3n) is 3.04. The normalized spacial score (nSPS) is 10.4. The number of nitrogens with zero attached hydrogens (tertiary/aromatic N) is 1. The van der Waals surface area contributed by atoms with Gasteiger partial charge < -0.3 is 15.7 Å². The van der Waals surface area contributed by atoms with Crippen LogP contribution in [0.4, 0.5) is 14.5 Å². The average molecular weight is 292 g/mol. The van der Waals surface area contributed by atoms with E-state index in [1.165, 1.54) is 18.0 Å². The molecule has 110 valence electrons. The highest BCUT2D eigenvalue weighted by molar-refractivity contribution is 5.95. The van der Waals surface area contributed by atoms with E-state index in [1.807, 2.05) is 0 Å². The maximum Gasteiger partial charge on any atom is 0.257 e. The van der Waals surface area contributed by atoms with Gasteiger partial charge in [-0.05, 0) is 18.2 Å². The molecule has 1 amide bonds. The topological polar surface area (TPSA) is 66.6 Å². The number of rotatable bonds is 3. The highest BCUT2D eigenvalue weighted by atomic mass is 19.1. The number of hydrogen-bond acceptors (Lipinski definition) is 3. The number of aromatic hydroxyl groups is 1. The molecule has 0 fully saturated rings. The van der Waals surface area contributed by atoms with Crippen LogP contribution in [0.3, 0.4) is 0 Å². The maximum absolute atomic E-state index is 13.8. The second-order valence-corrected chi connectivity index (χ2v) is 4.65. The fourth-order valence-electron chi connectivity index (χ4n) is 1.94. The van der Waals surface area contributed by atoms with Gasteiger partial charge in [0.1, 0.15) is 11.6 Å². The van der Waals surface area contributed by atoms with E-state index in [0.29, 0.717) is 5.56 Å². The first kappa shape index (κ1) is 14.8. The van der Waals surface area contributed by atoms with E-state index in [4.69, 9.17) is 5.73 Å². The lowest BCUT2D eigenvalue weighted by Gasteiger charge is -2.18. The van der Waals surface area contributed by atoms with Crippen molar-refractivity contribution in [3.05, 3.63) is 59.2 Å². The Balaban J connectivity index is 2.26. The number of amides is 1. The highest BCUT2D eigenvalue weighted by Crippen LogP contribution is 2.21. The van der Waals surface area contributed by atoms with Crippen molar-refractivity contribution in [2.45, 2.75) is 6.54 Å². The number of carbonyl (C=O) groups is 1. The van der Waals surface area contributed by atoms with Crippen molar-refractivity contribution in [2.75, 3.05) is 12.8 Å². The molecule has 4 nitrogen and oxygen atoms in total. The average Bonchev–Trinajstić information content (AvgIpc) is 2.44. The number of halogens is 2. The molecule has 0 bridgehead atoms. The summed E-state index contributed by atoms with van der Waals surface area (Å²) in [5.41, 5.74) is 4.95. The van der Waals surface area contributed by atoms with Crippen molar-refractivity contribution < 1.29 is 18.7 Å². The molecule has 0 aromatic heterocycles. The molecule has 0 unspecified atom stereocenters. The van der Waals surface area contributed by atoms with Crippen molar-refractivity contribution in [3.63, 3.8) is 0 Å². The number of para-hydroxylation sites is 1. The third kappa shape index (κ3) is 3.10. The highest BCUT2D eigenvalue weighted by Gasteiger charge is 2.20. The summed E-state index contributed by atoms with van der Waals surface area (Å²) >= 11 is 0. The van der Waals surface area contributed by atoms with Crippen molar-refractivity contribution in [2.24, 2.45) is 0 Å². The van der Waals surface area contributed by atoms with E-state index in [2.05, 4.69) is 0 Å². The van der Waals surface area contributed by atoms with Gasteiger partial charge >= 0.3 is 0 Å². The standard InChI is InChI=1S/C15H14F2N2O2/c1-19(8-9-4-2-3-5-13(9)20)15(21)11-6-10(16)7-12(18)14(11)17/h2-7,20H,8,18H2,1H3. The number of nitrogens with two attached hydrogens (primary N) is 1. The second kappa shape index (κ2) is 5.78. The van der Waals surface area contributed by atoms with Gasteiger partial charge in [-0.15, -0.1) is 0 Å². The third-order valence-corrected chi connectivity index (χ3v) is 3.04. The van der Waals surface area contributed by atoms with Crippen molar-refractivity contribution >= 4 is 11.6 Å². The number of hydrogen-bond donors (Lipinski definition) is 2. The first-order valence-electron chi connectivity index (χ1n) is 6.17. The Morgan fingerprint density at radius 2 is 1.95 bits per heavy atom. The van der Waals surface area contributed by atoms with Gasteiger partial charge in [0.05, 0.1) is 11.3 Å². The number of nitrogen functional groups attached to an aromatic ring is 1. The van der Waals surface area contributed by atoms with Crippen LogP contribution in [-0.2, 0) is 6.54 Å². The van der Waals surface area contributed by atoms with Crippen LogP contribution < -0.4 is 5.73 Å². The van der Waals surface area contributed by atoms with Gasteiger partial charge in [-0.1, -0.05) is 18.2 Å². The van der Waals surface area contributed by atoms with Crippen LogP contribution in [0.5, 0.6) is 5.75 Å². The fourth-order valence-corrected chi connectivity index (χ4v) is 1.94. The maximum atomic E-state index is 13.8. The largest absolute Gasteiger partial charge is 0.508 e. The number of carbonyl (C=O) groups excluding carboxylic acids is 1. The van der Waals surface area contributed by atoms with Gasteiger partial charge in [0.25, 0.3) is 5.91 Å². The van der Waals surface area contributed by atoms with Crippen molar-refractivity contribution in [3.8, 4) is 5.75 Å². The molecule has 6 heteroatoms. The molecule has 0 radical (unpaired) electrons. The van der Waals surface area contributed by atoms with E-state index in [1.54, 1.807) is 18.2 Å². The Morgan fingerprint density at radius 1 is 1.29 bits per heavy atom. The minimum absolute atomic E-state index is 0.0244. The van der Waals surface area contributed by atoms with Crippen LogP contribution in [-0.4, -0.2) is 23.0 Å². The Kier molecular flexibility index (Phi) is 4.07. The van der Waals surface area contributed by atoms with Crippen LogP contribution in [0.25, 0.3) is 0 Å². The summed E-state index contributed by atoms with van der Waals surface area (Å²) in [5.74, 6) is -2.43. The van der Waals surface area contributed by atoms with Crippen molar-refractivity contribution in [1.29, 1.82) is 0 Å². The fraction of sp³-hybridized carbons (Fsp3) is 0.133. The summed E-state index contributed by atoms with van der Waals surface area (Å²) in [7, 11) is 1.43. The molecule has 0 aliphatic rings. The predicted molar refractivity (Wildman–Crippen MR) is 74.7 cm³/mol. The van der Waals surface area contributed by atoms with Crippen molar-refractivity contribution in [1.82, 2.24) is 4.90 Å². The summed E-state index contributed by atoms with van der Waals surface area (Å²) in [6, 6.07) is 8.08. The Morgan fingerprint density at radius 3 is 2.62 bits per heavy atom. The molecule has 0 saturated carbocycles. The van der Waals surface area contributed by atoms with Gasteiger partial charge in [-0.3, -0.25) is 4.79 Å². The smallest absolute Gasteiger partial charge is 0.257 e. The van der Waals surface area contributed by atoms with Gasteiger partial charge in [-0.25, -0.2) is 8.78 Å². The zero-order chi connectivity index (χ0) is 15.6. The Bertz CT molecular complexity index is 689. The summed E-state index contributed by atoms with van der Waals surface area (Å²) in [6.07, 6.45) is 0. The van der Waals surface area contributed by atoms with Gasteiger partial charge in [-0.2, -0.15) is 0 Å². The van der Waals surface area contributed by atoms with Crippen LogP contribution in [0, 0.1) is 11.6 Å². The second-order valence-electron chi connectivity index (χ2n) is 4.65. The first-order valence-corrected chi connectivity index (χ1v) is 6.17. The van der Waals surface area contributed by atoms with Crippen LogP contribution in [0.1, 0.15) is 15.9 Å². The molecule has 0 spiro atoms. The van der Waals surface area contributed by atoms with Crippen LogP contribution in [0.2, 0.25) is 0 Å². The number of phenolic OH excluding ortho intramolecular Hbond substituents is 1. The summed E-state index contributed by atoms with van der Waals surface area (Å²) in [4.78, 5) is 13.3. The molecule has 0 heterocycles. The van der Waals surface area contributed by atoms with E-state index in [-0.39, 0.29) is 12.3 Å². The summed E-state index contributed by atoms with van der Waals surface area (Å²) in [6.45, 7) is 0.0569. The number of benzene rings is 2. The van der Waals surface area contributed by atoms with E-state index in [0.717, 1.165) is 12.1 Å². The molecule has 21 heavy (non-hydrogen) atoms. The number of phenols is 1. The molecule has 2 aromatic carbocycles. The summed E-state index contributed by atoms with van der Waals surface area (Å²) < 4.78 is 27.1. The van der Waals surface area contributed by atoms with Gasteiger partial charge in [0.2, 0.25) is 0 Å². The molecule has 0 aliphatic carbocycles. The SMILES string of the molecule is CN(Cc1ccccc1O)C(=O)c1cc(F)cc(N)c1F. The first-order chi connectivity index (χ1) is 9.90. The lowest BCUT2D eigenvalue weighted by atomic mass is 10.1. The molecule has 3 N–H and O–H groups in total. The van der Waals surface area contributed by atoms with E-state index >= 15 is 0 Å². The molecular weight excluding hydrogens is 278 g/mol. The molecule has 0 saturated heterocycles. The van der Waals surface area contributed by atoms with Gasteiger partial charge in [0.15, 0.2) is 5.82 Å². The Labute approximate surface area is 120 Å². The lowest BCUT2D eigenvalue weighted by molar-refractivity contribution is 0.0779. The van der Waals surface area contributed by atoms with E-state index in [9.17, 15) is 18.7 Å².